The second-order valence-corrected chi connectivity index (χ2v) is 5.88. The minimum absolute atomic E-state index is 0.357. The molecule has 0 aromatic carbocycles. The summed E-state index contributed by atoms with van der Waals surface area (Å²) < 4.78 is 7.76. The number of rotatable bonds is 9. The summed E-state index contributed by atoms with van der Waals surface area (Å²) in [6, 6.07) is 0.357. The van der Waals surface area contributed by atoms with Crippen molar-refractivity contribution >= 4 is 0 Å². The number of aromatic nitrogens is 2. The fourth-order valence-electron chi connectivity index (χ4n) is 2.54. The zero-order valence-electron chi connectivity index (χ0n) is 14.0. The van der Waals surface area contributed by atoms with Crippen LogP contribution in [0.3, 0.4) is 0 Å². The van der Waals surface area contributed by atoms with Crippen LogP contribution in [-0.2, 0) is 11.3 Å². The van der Waals surface area contributed by atoms with E-state index in [-0.39, 0.29) is 0 Å². The predicted octanol–water partition coefficient (Wildman–Crippen LogP) is 3.23. The first-order valence-electron chi connectivity index (χ1n) is 7.82. The van der Waals surface area contributed by atoms with E-state index in [1.807, 2.05) is 0 Å². The Balaban J connectivity index is 2.53. The molecule has 0 fully saturated rings. The first-order chi connectivity index (χ1) is 9.47. The predicted molar refractivity (Wildman–Crippen MR) is 84.1 cm³/mol. The molecule has 4 nitrogen and oxygen atoms in total. The van der Waals surface area contributed by atoms with Crippen LogP contribution in [0.1, 0.15) is 57.1 Å². The monoisotopic (exact) mass is 281 g/mol. The Kier molecular flexibility index (Phi) is 7.24. The summed E-state index contributed by atoms with van der Waals surface area (Å²) in [4.78, 5) is 0. The summed E-state index contributed by atoms with van der Waals surface area (Å²) in [5.41, 5.74) is 3.70. The van der Waals surface area contributed by atoms with Crippen LogP contribution in [0.5, 0.6) is 0 Å². The molecule has 0 aliphatic carbocycles. The molecule has 4 heteroatoms. The smallest absolute Gasteiger partial charge is 0.0662 e. The molecule has 0 saturated heterocycles. The summed E-state index contributed by atoms with van der Waals surface area (Å²) in [7, 11) is 0. The minimum Gasteiger partial charge on any atom is -0.380 e. The molecule has 1 atom stereocenters. The first kappa shape index (κ1) is 17.2. The maximum absolute atomic E-state index is 5.68. The van der Waals surface area contributed by atoms with Gasteiger partial charge in [-0.15, -0.1) is 0 Å². The second kappa shape index (κ2) is 8.42. The maximum atomic E-state index is 5.68. The molecule has 1 rings (SSSR count). The summed E-state index contributed by atoms with van der Waals surface area (Å²) in [6.45, 7) is 16.4. The van der Waals surface area contributed by atoms with E-state index in [1.54, 1.807) is 0 Å². The van der Waals surface area contributed by atoms with Crippen LogP contribution in [0.4, 0.5) is 0 Å². The highest BCUT2D eigenvalue weighted by atomic mass is 16.5. The Bertz CT molecular complexity index is 399. The van der Waals surface area contributed by atoms with Gasteiger partial charge in [0.25, 0.3) is 0 Å². The molecule has 0 aliphatic heterocycles. The normalized spacial score (nSPS) is 13.2. The summed E-state index contributed by atoms with van der Waals surface area (Å²) >= 11 is 0. The SMILES string of the molecule is CCNC(C)c1c(C)nn(CCOCCC(C)C)c1C. The van der Waals surface area contributed by atoms with Gasteiger partial charge in [-0.25, -0.2) is 0 Å². The molecule has 116 valence electrons. The van der Waals surface area contributed by atoms with Gasteiger partial charge in [-0.1, -0.05) is 20.8 Å². The molecule has 1 aromatic rings. The van der Waals surface area contributed by atoms with Crippen molar-refractivity contribution in [3.05, 3.63) is 17.0 Å². The molecule has 0 radical (unpaired) electrons. The van der Waals surface area contributed by atoms with Crippen LogP contribution in [0, 0.1) is 19.8 Å². The molecule has 1 heterocycles. The number of ether oxygens (including phenoxy) is 1. The highest BCUT2D eigenvalue weighted by Gasteiger charge is 2.16. The van der Waals surface area contributed by atoms with Crippen molar-refractivity contribution in [2.75, 3.05) is 19.8 Å². The van der Waals surface area contributed by atoms with Crippen molar-refractivity contribution < 1.29 is 4.74 Å². The Morgan fingerprint density at radius 2 is 1.90 bits per heavy atom. The standard InChI is InChI=1S/C16H31N3O/c1-7-17-13(4)16-14(5)18-19(15(16)6)9-11-20-10-8-12(2)3/h12-13,17H,7-11H2,1-6H3. The van der Waals surface area contributed by atoms with Crippen LogP contribution in [0.2, 0.25) is 0 Å². The van der Waals surface area contributed by atoms with Crippen LogP contribution in [-0.4, -0.2) is 29.5 Å². The summed E-state index contributed by atoms with van der Waals surface area (Å²) in [5.74, 6) is 0.705. The molecule has 1 aromatic heterocycles. The molecule has 0 aliphatic rings. The molecule has 1 N–H and O–H groups in total. The van der Waals surface area contributed by atoms with E-state index in [2.05, 4.69) is 56.6 Å². The van der Waals surface area contributed by atoms with Crippen LogP contribution in [0.15, 0.2) is 0 Å². The lowest BCUT2D eigenvalue weighted by molar-refractivity contribution is 0.113. The van der Waals surface area contributed by atoms with Crippen molar-refractivity contribution in [1.82, 2.24) is 15.1 Å². The quantitative estimate of drug-likeness (QED) is 0.706. The van der Waals surface area contributed by atoms with Crippen molar-refractivity contribution in [2.45, 2.75) is 60.5 Å². The van der Waals surface area contributed by atoms with E-state index < -0.39 is 0 Å². The van der Waals surface area contributed by atoms with Crippen molar-refractivity contribution in [3.63, 3.8) is 0 Å². The first-order valence-corrected chi connectivity index (χ1v) is 7.82. The van der Waals surface area contributed by atoms with Crippen molar-refractivity contribution in [2.24, 2.45) is 5.92 Å². The van der Waals surface area contributed by atoms with Crippen LogP contribution in [0.25, 0.3) is 0 Å². The molecule has 0 spiro atoms. The van der Waals surface area contributed by atoms with E-state index in [1.165, 1.54) is 11.3 Å². The zero-order valence-corrected chi connectivity index (χ0v) is 14.0. The number of nitrogens with one attached hydrogen (secondary N) is 1. The van der Waals surface area contributed by atoms with Crippen LogP contribution >= 0.6 is 0 Å². The Morgan fingerprint density at radius 3 is 2.50 bits per heavy atom. The van der Waals surface area contributed by atoms with Gasteiger partial charge < -0.3 is 10.1 Å². The molecule has 0 saturated carbocycles. The van der Waals surface area contributed by atoms with E-state index in [4.69, 9.17) is 4.74 Å². The van der Waals surface area contributed by atoms with Gasteiger partial charge in [-0.3, -0.25) is 4.68 Å². The minimum atomic E-state index is 0.357. The molecular formula is C16H31N3O. The number of nitrogens with zero attached hydrogens (tertiary/aromatic N) is 2. The number of hydrogen-bond donors (Lipinski definition) is 1. The van der Waals surface area contributed by atoms with Gasteiger partial charge in [-0.05, 0) is 39.7 Å². The van der Waals surface area contributed by atoms with Gasteiger partial charge in [-0.2, -0.15) is 5.10 Å². The third-order valence-corrected chi connectivity index (χ3v) is 3.67. The lowest BCUT2D eigenvalue weighted by Gasteiger charge is -2.13. The average Bonchev–Trinajstić information content (AvgIpc) is 2.64. The molecule has 0 bridgehead atoms. The summed E-state index contributed by atoms with van der Waals surface area (Å²) in [6.07, 6.45) is 1.12. The van der Waals surface area contributed by atoms with Crippen LogP contribution < -0.4 is 5.32 Å². The highest BCUT2D eigenvalue weighted by molar-refractivity contribution is 5.27. The van der Waals surface area contributed by atoms with E-state index in [0.29, 0.717) is 12.0 Å². The van der Waals surface area contributed by atoms with Gasteiger partial charge >= 0.3 is 0 Å². The van der Waals surface area contributed by atoms with Gasteiger partial charge in [0, 0.05) is 23.9 Å². The molecule has 1 unspecified atom stereocenters. The Morgan fingerprint density at radius 1 is 1.20 bits per heavy atom. The largest absolute Gasteiger partial charge is 0.380 e. The fraction of sp³-hybridized carbons (Fsp3) is 0.812. The third kappa shape index (κ3) is 4.91. The van der Waals surface area contributed by atoms with Crippen molar-refractivity contribution in [1.29, 1.82) is 0 Å². The van der Waals surface area contributed by atoms with E-state index >= 15 is 0 Å². The lowest BCUT2D eigenvalue weighted by atomic mass is 10.1. The zero-order chi connectivity index (χ0) is 15.1. The third-order valence-electron chi connectivity index (χ3n) is 3.67. The molecule has 20 heavy (non-hydrogen) atoms. The van der Waals surface area contributed by atoms with Gasteiger partial charge in [0.05, 0.1) is 18.8 Å². The lowest BCUT2D eigenvalue weighted by Crippen LogP contribution is -2.19. The number of hydrogen-bond acceptors (Lipinski definition) is 3. The molecule has 0 amide bonds. The topological polar surface area (TPSA) is 39.1 Å². The van der Waals surface area contributed by atoms with E-state index in [0.717, 1.165) is 38.4 Å². The van der Waals surface area contributed by atoms with E-state index in [9.17, 15) is 0 Å². The fourth-order valence-corrected chi connectivity index (χ4v) is 2.54. The van der Waals surface area contributed by atoms with Gasteiger partial charge in [0.15, 0.2) is 0 Å². The average molecular weight is 281 g/mol. The van der Waals surface area contributed by atoms with Gasteiger partial charge in [0.1, 0.15) is 0 Å². The molecular weight excluding hydrogens is 250 g/mol. The second-order valence-electron chi connectivity index (χ2n) is 5.88. The highest BCUT2D eigenvalue weighted by Crippen LogP contribution is 2.21. The Hall–Kier alpha value is -0.870. The number of aryl methyl sites for hydroxylation is 1. The summed E-state index contributed by atoms with van der Waals surface area (Å²) in [5, 5.41) is 8.10. The maximum Gasteiger partial charge on any atom is 0.0662 e. The van der Waals surface area contributed by atoms with Crippen molar-refractivity contribution in [3.8, 4) is 0 Å². The Labute approximate surface area is 123 Å². The van der Waals surface area contributed by atoms with Gasteiger partial charge in [0.2, 0.25) is 0 Å².